The van der Waals surface area contributed by atoms with Crippen LogP contribution in [0.1, 0.15) is 18.1 Å². The van der Waals surface area contributed by atoms with E-state index in [-0.39, 0.29) is 11.9 Å². The van der Waals surface area contributed by atoms with Crippen molar-refractivity contribution in [1.29, 1.82) is 0 Å². The summed E-state index contributed by atoms with van der Waals surface area (Å²) in [6, 6.07) is 5.35. The van der Waals surface area contributed by atoms with Crippen LogP contribution in [-0.4, -0.2) is 6.04 Å². The van der Waals surface area contributed by atoms with Gasteiger partial charge in [-0.1, -0.05) is 12.1 Å². The van der Waals surface area contributed by atoms with E-state index in [1.54, 1.807) is 19.1 Å². The summed E-state index contributed by atoms with van der Waals surface area (Å²) in [7, 11) is 0. The lowest BCUT2D eigenvalue weighted by Gasteiger charge is -2.05. The van der Waals surface area contributed by atoms with Gasteiger partial charge in [-0.15, -0.1) is 0 Å². The summed E-state index contributed by atoms with van der Waals surface area (Å²) in [5, 5.41) is 0. The van der Waals surface area contributed by atoms with Crippen molar-refractivity contribution < 1.29 is 4.39 Å². The van der Waals surface area contributed by atoms with Crippen molar-refractivity contribution >= 4 is 0 Å². The molecule has 0 fully saturated rings. The van der Waals surface area contributed by atoms with Gasteiger partial charge in [-0.3, -0.25) is 0 Å². The molecule has 1 atom stereocenters. The van der Waals surface area contributed by atoms with E-state index in [1.165, 1.54) is 0 Å². The predicted octanol–water partition coefficient (Wildman–Crippen LogP) is 2.02. The second kappa shape index (κ2) is 3.68. The maximum absolute atomic E-state index is 13.0. The fourth-order valence-electron chi connectivity index (χ4n) is 1.14. The van der Waals surface area contributed by atoms with E-state index < -0.39 is 0 Å². The fraction of sp³-hybridized carbons (Fsp3) is 0.400. The molecule has 0 bridgehead atoms. The molecule has 0 saturated heterocycles. The van der Waals surface area contributed by atoms with Crippen LogP contribution in [0.15, 0.2) is 18.2 Å². The summed E-state index contributed by atoms with van der Waals surface area (Å²) in [5.41, 5.74) is 7.24. The second-order valence-electron chi connectivity index (χ2n) is 3.26. The van der Waals surface area contributed by atoms with Gasteiger partial charge < -0.3 is 5.73 Å². The number of rotatable bonds is 2. The summed E-state index contributed by atoms with van der Waals surface area (Å²) in [4.78, 5) is 0. The van der Waals surface area contributed by atoms with Crippen molar-refractivity contribution in [2.45, 2.75) is 26.3 Å². The van der Waals surface area contributed by atoms with E-state index in [0.29, 0.717) is 5.56 Å². The van der Waals surface area contributed by atoms with Crippen molar-refractivity contribution in [3.8, 4) is 0 Å². The molecule has 1 rings (SSSR count). The van der Waals surface area contributed by atoms with E-state index >= 15 is 0 Å². The zero-order valence-electron chi connectivity index (χ0n) is 7.47. The van der Waals surface area contributed by atoms with Crippen LogP contribution < -0.4 is 5.73 Å². The molecule has 1 aromatic rings. The highest BCUT2D eigenvalue weighted by Crippen LogP contribution is 2.10. The number of halogens is 1. The molecule has 0 aliphatic rings. The molecule has 2 heteroatoms. The third-order valence-electron chi connectivity index (χ3n) is 1.79. The van der Waals surface area contributed by atoms with Crippen LogP contribution in [0.2, 0.25) is 0 Å². The highest BCUT2D eigenvalue weighted by molar-refractivity contribution is 5.23. The molecular formula is C10H14FN. The Kier molecular flexibility index (Phi) is 2.82. The largest absolute Gasteiger partial charge is 0.328 e. The minimum absolute atomic E-state index is 0.0899. The predicted molar refractivity (Wildman–Crippen MR) is 48.5 cm³/mol. The first-order chi connectivity index (χ1) is 5.59. The lowest BCUT2D eigenvalue weighted by Crippen LogP contribution is -2.17. The number of nitrogens with two attached hydrogens (primary N) is 1. The van der Waals surface area contributed by atoms with Crippen LogP contribution >= 0.6 is 0 Å². The SMILES string of the molecule is Cc1ccc(CC(C)N)cc1F. The van der Waals surface area contributed by atoms with Crippen LogP contribution in [0.5, 0.6) is 0 Å². The van der Waals surface area contributed by atoms with Gasteiger partial charge in [0.25, 0.3) is 0 Å². The van der Waals surface area contributed by atoms with Crippen molar-refractivity contribution in [1.82, 2.24) is 0 Å². The van der Waals surface area contributed by atoms with Gasteiger partial charge in [-0.2, -0.15) is 0 Å². The van der Waals surface area contributed by atoms with Gasteiger partial charge >= 0.3 is 0 Å². The van der Waals surface area contributed by atoms with Gasteiger partial charge in [-0.05, 0) is 37.5 Å². The maximum Gasteiger partial charge on any atom is 0.126 e. The van der Waals surface area contributed by atoms with Gasteiger partial charge in [-0.25, -0.2) is 4.39 Å². The van der Waals surface area contributed by atoms with Crippen LogP contribution in [0, 0.1) is 12.7 Å². The highest BCUT2D eigenvalue weighted by atomic mass is 19.1. The minimum atomic E-state index is -0.145. The van der Waals surface area contributed by atoms with Gasteiger partial charge in [0.1, 0.15) is 5.82 Å². The molecular weight excluding hydrogens is 153 g/mol. The first-order valence-electron chi connectivity index (χ1n) is 4.10. The van der Waals surface area contributed by atoms with E-state index in [0.717, 1.165) is 12.0 Å². The minimum Gasteiger partial charge on any atom is -0.328 e. The molecule has 1 nitrogen and oxygen atoms in total. The quantitative estimate of drug-likeness (QED) is 0.716. The molecule has 0 amide bonds. The number of hydrogen-bond acceptors (Lipinski definition) is 1. The van der Waals surface area contributed by atoms with E-state index in [9.17, 15) is 4.39 Å². The van der Waals surface area contributed by atoms with E-state index in [4.69, 9.17) is 5.73 Å². The van der Waals surface area contributed by atoms with Crippen molar-refractivity contribution in [3.05, 3.63) is 35.1 Å². The van der Waals surface area contributed by atoms with E-state index in [1.807, 2.05) is 13.0 Å². The standard InChI is InChI=1S/C10H14FN/c1-7-3-4-9(5-8(2)12)6-10(7)11/h3-4,6,8H,5,12H2,1-2H3. The van der Waals surface area contributed by atoms with Crippen molar-refractivity contribution in [3.63, 3.8) is 0 Å². The molecule has 2 N–H and O–H groups in total. The van der Waals surface area contributed by atoms with Gasteiger partial charge in [0.05, 0.1) is 0 Å². The summed E-state index contributed by atoms with van der Waals surface area (Å²) in [5.74, 6) is -0.145. The van der Waals surface area contributed by atoms with Gasteiger partial charge in [0.2, 0.25) is 0 Å². The third kappa shape index (κ3) is 2.31. The fourth-order valence-corrected chi connectivity index (χ4v) is 1.14. The molecule has 66 valence electrons. The average Bonchev–Trinajstić information content (AvgIpc) is 1.96. The Balaban J connectivity index is 2.82. The van der Waals surface area contributed by atoms with Gasteiger partial charge in [0, 0.05) is 6.04 Å². The Morgan fingerprint density at radius 1 is 1.50 bits per heavy atom. The first kappa shape index (κ1) is 9.20. The van der Waals surface area contributed by atoms with Crippen molar-refractivity contribution in [2.75, 3.05) is 0 Å². The molecule has 0 spiro atoms. The molecule has 0 aromatic heterocycles. The normalized spacial score (nSPS) is 13.0. The number of benzene rings is 1. The van der Waals surface area contributed by atoms with Crippen LogP contribution in [0.25, 0.3) is 0 Å². The lowest BCUT2D eigenvalue weighted by molar-refractivity contribution is 0.613. The highest BCUT2D eigenvalue weighted by Gasteiger charge is 2.01. The first-order valence-corrected chi connectivity index (χ1v) is 4.10. The number of aryl methyl sites for hydroxylation is 1. The monoisotopic (exact) mass is 167 g/mol. The molecule has 0 saturated carbocycles. The maximum atomic E-state index is 13.0. The second-order valence-corrected chi connectivity index (χ2v) is 3.26. The lowest BCUT2D eigenvalue weighted by atomic mass is 10.1. The third-order valence-corrected chi connectivity index (χ3v) is 1.79. The Labute approximate surface area is 72.4 Å². The van der Waals surface area contributed by atoms with Crippen LogP contribution in [-0.2, 0) is 6.42 Å². The van der Waals surface area contributed by atoms with Crippen LogP contribution in [0.3, 0.4) is 0 Å². The molecule has 0 aliphatic carbocycles. The molecule has 12 heavy (non-hydrogen) atoms. The smallest absolute Gasteiger partial charge is 0.126 e. The average molecular weight is 167 g/mol. The summed E-state index contributed by atoms with van der Waals surface area (Å²) < 4.78 is 13.0. The Morgan fingerprint density at radius 3 is 2.67 bits per heavy atom. The molecule has 0 radical (unpaired) electrons. The molecule has 1 aromatic carbocycles. The Bertz CT molecular complexity index is 269. The summed E-state index contributed by atoms with van der Waals surface area (Å²) in [6.45, 7) is 3.67. The van der Waals surface area contributed by atoms with Gasteiger partial charge in [0.15, 0.2) is 0 Å². The van der Waals surface area contributed by atoms with Crippen LogP contribution in [0.4, 0.5) is 4.39 Å². The topological polar surface area (TPSA) is 26.0 Å². The Morgan fingerprint density at radius 2 is 2.17 bits per heavy atom. The molecule has 0 heterocycles. The molecule has 0 aliphatic heterocycles. The Hall–Kier alpha value is -0.890. The zero-order valence-corrected chi connectivity index (χ0v) is 7.47. The van der Waals surface area contributed by atoms with Crippen molar-refractivity contribution in [2.24, 2.45) is 5.73 Å². The summed E-state index contributed by atoms with van der Waals surface area (Å²) >= 11 is 0. The summed E-state index contributed by atoms with van der Waals surface area (Å²) in [6.07, 6.45) is 0.733. The number of hydrogen-bond donors (Lipinski definition) is 1. The molecule has 1 unspecified atom stereocenters. The van der Waals surface area contributed by atoms with E-state index in [2.05, 4.69) is 0 Å². The zero-order chi connectivity index (χ0) is 9.14.